The van der Waals surface area contributed by atoms with Crippen molar-refractivity contribution in [2.24, 2.45) is 5.84 Å². The summed E-state index contributed by atoms with van der Waals surface area (Å²) < 4.78 is 5.54. The Morgan fingerprint density at radius 2 is 1.81 bits per heavy atom. The first kappa shape index (κ1) is 15.0. The molecule has 0 spiro atoms. The van der Waals surface area contributed by atoms with Crippen molar-refractivity contribution >= 4 is 0 Å². The lowest BCUT2D eigenvalue weighted by atomic mass is 9.82. The van der Waals surface area contributed by atoms with Crippen molar-refractivity contribution in [1.82, 2.24) is 10.3 Å². The molecule has 0 bridgehead atoms. The quantitative estimate of drug-likeness (QED) is 0.640. The zero-order valence-electron chi connectivity index (χ0n) is 12.8. The van der Waals surface area contributed by atoms with Gasteiger partial charge in [-0.25, -0.2) is 0 Å². The fraction of sp³-hybridized carbons (Fsp3) is 0.647. The number of nitrogens with two attached hydrogens (primary N) is 1. The smallest absolute Gasteiger partial charge is 0.0594 e. The highest BCUT2D eigenvalue weighted by Crippen LogP contribution is 2.39. The van der Waals surface area contributed by atoms with Gasteiger partial charge in [-0.3, -0.25) is 16.2 Å². The number of hydrogen-bond acceptors (Lipinski definition) is 4. The van der Waals surface area contributed by atoms with Crippen molar-refractivity contribution in [1.29, 1.82) is 0 Å². The van der Waals surface area contributed by atoms with E-state index >= 15 is 0 Å². The summed E-state index contributed by atoms with van der Waals surface area (Å²) in [6, 6.07) is 11.0. The lowest BCUT2D eigenvalue weighted by Gasteiger charge is -2.48. The topological polar surface area (TPSA) is 50.5 Å². The van der Waals surface area contributed by atoms with Gasteiger partial charge in [-0.15, -0.1) is 0 Å². The molecule has 1 unspecified atom stereocenters. The fourth-order valence-electron chi connectivity index (χ4n) is 4.13. The van der Waals surface area contributed by atoms with E-state index in [9.17, 15) is 0 Å². The third-order valence-electron chi connectivity index (χ3n) is 5.24. The largest absolute Gasteiger partial charge is 0.379 e. The molecular weight excluding hydrogens is 262 g/mol. The van der Waals surface area contributed by atoms with Crippen LogP contribution >= 0.6 is 0 Å². The van der Waals surface area contributed by atoms with Gasteiger partial charge in [0.25, 0.3) is 0 Å². The van der Waals surface area contributed by atoms with E-state index in [4.69, 9.17) is 10.6 Å². The maximum Gasteiger partial charge on any atom is 0.0594 e. The van der Waals surface area contributed by atoms with Gasteiger partial charge in [0.2, 0.25) is 0 Å². The lowest BCUT2D eigenvalue weighted by molar-refractivity contribution is -0.0357. The van der Waals surface area contributed by atoms with Gasteiger partial charge in [0.15, 0.2) is 0 Å². The van der Waals surface area contributed by atoms with Gasteiger partial charge in [0.05, 0.1) is 13.2 Å². The Kier molecular flexibility index (Phi) is 4.91. The van der Waals surface area contributed by atoms with Crippen LogP contribution in [-0.2, 0) is 11.2 Å². The molecule has 1 heterocycles. The molecule has 4 nitrogen and oxygen atoms in total. The molecule has 1 aliphatic carbocycles. The summed E-state index contributed by atoms with van der Waals surface area (Å²) in [5.41, 5.74) is 4.71. The highest BCUT2D eigenvalue weighted by molar-refractivity contribution is 5.18. The first-order valence-electron chi connectivity index (χ1n) is 8.18. The normalized spacial score (nSPS) is 24.0. The highest BCUT2D eigenvalue weighted by atomic mass is 16.5. The van der Waals surface area contributed by atoms with Gasteiger partial charge in [-0.1, -0.05) is 43.2 Å². The molecule has 1 saturated carbocycles. The van der Waals surface area contributed by atoms with Gasteiger partial charge in [-0.2, -0.15) is 0 Å². The van der Waals surface area contributed by atoms with Crippen molar-refractivity contribution in [3.8, 4) is 0 Å². The van der Waals surface area contributed by atoms with Crippen LogP contribution in [0.3, 0.4) is 0 Å². The summed E-state index contributed by atoms with van der Waals surface area (Å²) in [6.07, 6.45) is 6.10. The number of nitrogens with zero attached hydrogens (tertiary/aromatic N) is 1. The van der Waals surface area contributed by atoms with Crippen LogP contribution in [0.4, 0.5) is 0 Å². The van der Waals surface area contributed by atoms with E-state index in [1.165, 1.54) is 31.2 Å². The molecule has 3 N–H and O–H groups in total. The van der Waals surface area contributed by atoms with Gasteiger partial charge in [0.1, 0.15) is 0 Å². The summed E-state index contributed by atoms with van der Waals surface area (Å²) in [7, 11) is 0. The molecule has 1 aromatic carbocycles. The number of hydrogen-bond donors (Lipinski definition) is 2. The number of rotatable bonds is 5. The molecule has 2 fully saturated rings. The van der Waals surface area contributed by atoms with Crippen molar-refractivity contribution in [2.45, 2.75) is 43.7 Å². The fourth-order valence-corrected chi connectivity index (χ4v) is 4.13. The SMILES string of the molecule is NNC(Cc1ccccc1)C1(N2CCOCC2)CCCC1. The van der Waals surface area contributed by atoms with E-state index in [0.717, 1.165) is 32.7 Å². The summed E-state index contributed by atoms with van der Waals surface area (Å²) in [5.74, 6) is 5.98. The molecule has 4 heteroatoms. The van der Waals surface area contributed by atoms with Crippen LogP contribution in [0.15, 0.2) is 30.3 Å². The zero-order chi connectivity index (χ0) is 14.5. The average molecular weight is 289 g/mol. The third kappa shape index (κ3) is 3.14. The van der Waals surface area contributed by atoms with E-state index < -0.39 is 0 Å². The Labute approximate surface area is 127 Å². The van der Waals surface area contributed by atoms with E-state index in [1.54, 1.807) is 0 Å². The van der Waals surface area contributed by atoms with Gasteiger partial charge in [0, 0.05) is 24.7 Å². The molecule has 1 atom stereocenters. The molecule has 1 aromatic rings. The second-order valence-corrected chi connectivity index (χ2v) is 6.32. The number of morpholine rings is 1. The summed E-state index contributed by atoms with van der Waals surface area (Å²) in [5, 5.41) is 0. The molecule has 0 aromatic heterocycles. The van der Waals surface area contributed by atoms with Crippen LogP contribution < -0.4 is 11.3 Å². The van der Waals surface area contributed by atoms with Crippen LogP contribution in [0.1, 0.15) is 31.2 Å². The molecule has 1 saturated heterocycles. The maximum atomic E-state index is 5.98. The molecule has 21 heavy (non-hydrogen) atoms. The highest BCUT2D eigenvalue weighted by Gasteiger charge is 2.45. The van der Waals surface area contributed by atoms with Crippen molar-refractivity contribution in [3.63, 3.8) is 0 Å². The van der Waals surface area contributed by atoms with Crippen LogP contribution in [0, 0.1) is 0 Å². The summed E-state index contributed by atoms with van der Waals surface area (Å²) >= 11 is 0. The van der Waals surface area contributed by atoms with Gasteiger partial charge >= 0.3 is 0 Å². The Morgan fingerprint density at radius 1 is 1.14 bits per heavy atom. The van der Waals surface area contributed by atoms with E-state index in [1.807, 2.05) is 0 Å². The standard InChI is InChI=1S/C17H27N3O/c18-19-16(14-15-6-2-1-3-7-15)17(8-4-5-9-17)20-10-12-21-13-11-20/h1-3,6-7,16,19H,4-5,8-14,18H2. The summed E-state index contributed by atoms with van der Waals surface area (Å²) in [4.78, 5) is 2.64. The van der Waals surface area contributed by atoms with E-state index in [-0.39, 0.29) is 5.54 Å². The van der Waals surface area contributed by atoms with Crippen LogP contribution in [0.5, 0.6) is 0 Å². The van der Waals surface area contributed by atoms with Crippen LogP contribution in [0.2, 0.25) is 0 Å². The average Bonchev–Trinajstić information content (AvgIpc) is 3.05. The number of hydrazine groups is 1. The predicted molar refractivity (Wildman–Crippen MR) is 84.8 cm³/mol. The van der Waals surface area contributed by atoms with Crippen molar-refractivity contribution in [3.05, 3.63) is 35.9 Å². The number of benzene rings is 1. The monoisotopic (exact) mass is 289 g/mol. The molecule has 3 rings (SSSR count). The van der Waals surface area contributed by atoms with E-state index in [0.29, 0.717) is 6.04 Å². The summed E-state index contributed by atoms with van der Waals surface area (Å²) in [6.45, 7) is 3.77. The third-order valence-corrected chi connectivity index (χ3v) is 5.24. The Morgan fingerprint density at radius 3 is 2.43 bits per heavy atom. The first-order valence-corrected chi connectivity index (χ1v) is 8.18. The molecule has 1 aliphatic heterocycles. The van der Waals surface area contributed by atoms with Gasteiger partial charge < -0.3 is 4.74 Å². The second kappa shape index (κ2) is 6.88. The minimum Gasteiger partial charge on any atom is -0.379 e. The molecular formula is C17H27N3O. The Hall–Kier alpha value is -0.940. The van der Waals surface area contributed by atoms with Crippen LogP contribution in [-0.4, -0.2) is 42.8 Å². The predicted octanol–water partition coefficient (Wildman–Crippen LogP) is 1.71. The van der Waals surface area contributed by atoms with Gasteiger partial charge in [-0.05, 0) is 24.8 Å². The molecule has 0 amide bonds. The zero-order valence-corrected chi connectivity index (χ0v) is 12.8. The molecule has 116 valence electrons. The van der Waals surface area contributed by atoms with Crippen LogP contribution in [0.25, 0.3) is 0 Å². The minimum atomic E-state index is 0.203. The van der Waals surface area contributed by atoms with Crippen molar-refractivity contribution in [2.75, 3.05) is 26.3 Å². The lowest BCUT2D eigenvalue weighted by Crippen LogP contribution is -2.64. The molecule has 2 aliphatic rings. The second-order valence-electron chi connectivity index (χ2n) is 6.32. The number of ether oxygens (including phenoxy) is 1. The van der Waals surface area contributed by atoms with Crippen molar-refractivity contribution < 1.29 is 4.74 Å². The van der Waals surface area contributed by atoms with E-state index in [2.05, 4.69) is 40.7 Å². The molecule has 0 radical (unpaired) electrons. The minimum absolute atomic E-state index is 0.203. The Bertz CT molecular complexity index is 425. The first-order chi connectivity index (χ1) is 10.3. The Balaban J connectivity index is 1.80. The maximum absolute atomic E-state index is 5.98. The number of nitrogens with one attached hydrogen (secondary N) is 1.